The van der Waals surface area contributed by atoms with Crippen molar-refractivity contribution < 1.29 is 18.4 Å². The minimum absolute atomic E-state index is 0.0190. The molecular formula is C33H28F2N6O3. The molecule has 0 aliphatic carbocycles. The normalized spacial score (nSPS) is 13.2. The summed E-state index contributed by atoms with van der Waals surface area (Å²) in [5.41, 5.74) is 2.44. The van der Waals surface area contributed by atoms with Gasteiger partial charge in [0, 0.05) is 66.9 Å². The summed E-state index contributed by atoms with van der Waals surface area (Å²) in [6.07, 6.45) is 0. The van der Waals surface area contributed by atoms with Crippen LogP contribution in [0.1, 0.15) is 32.0 Å². The number of carbonyl (C=O) groups is 2. The Kier molecular flexibility index (Phi) is 7.84. The van der Waals surface area contributed by atoms with E-state index in [-0.39, 0.29) is 23.6 Å². The van der Waals surface area contributed by atoms with Gasteiger partial charge in [-0.1, -0.05) is 24.3 Å². The van der Waals surface area contributed by atoms with Crippen molar-refractivity contribution in [2.45, 2.75) is 13.5 Å². The van der Waals surface area contributed by atoms with E-state index in [1.165, 1.54) is 16.7 Å². The molecule has 1 saturated heterocycles. The molecule has 44 heavy (non-hydrogen) atoms. The Hall–Kier alpha value is -5.45. The number of nitrogens with zero attached hydrogens (tertiary/aromatic N) is 5. The van der Waals surface area contributed by atoms with E-state index in [0.717, 1.165) is 12.1 Å². The third kappa shape index (κ3) is 5.76. The smallest absolute Gasteiger partial charge is 0.256 e. The fourth-order valence-electron chi connectivity index (χ4n) is 5.22. The molecule has 3 heterocycles. The van der Waals surface area contributed by atoms with Crippen LogP contribution in [0.2, 0.25) is 0 Å². The molecule has 1 aliphatic rings. The molecule has 6 rings (SSSR count). The van der Waals surface area contributed by atoms with Gasteiger partial charge in [0.2, 0.25) is 5.95 Å². The van der Waals surface area contributed by atoms with E-state index in [0.29, 0.717) is 65.7 Å². The van der Waals surface area contributed by atoms with Gasteiger partial charge in [-0.3, -0.25) is 19.0 Å². The zero-order valence-corrected chi connectivity index (χ0v) is 23.8. The highest BCUT2D eigenvalue weighted by Gasteiger charge is 2.24. The number of rotatable bonds is 6. The first kappa shape index (κ1) is 28.7. The number of benzene rings is 3. The van der Waals surface area contributed by atoms with Crippen molar-refractivity contribution in [3.8, 4) is 5.69 Å². The molecule has 2 aromatic heterocycles. The Morgan fingerprint density at radius 2 is 1.57 bits per heavy atom. The first-order valence-electron chi connectivity index (χ1n) is 14.1. The number of anilines is 1. The molecule has 0 radical (unpaired) electrons. The van der Waals surface area contributed by atoms with Crippen molar-refractivity contribution in [1.29, 1.82) is 0 Å². The minimum atomic E-state index is -0.741. The molecule has 2 amide bonds. The van der Waals surface area contributed by atoms with Crippen LogP contribution < -0.4 is 15.8 Å². The zero-order valence-electron chi connectivity index (χ0n) is 23.8. The largest absolute Gasteiger partial charge is 0.348 e. The van der Waals surface area contributed by atoms with Crippen LogP contribution in [0.4, 0.5) is 14.7 Å². The second-order valence-corrected chi connectivity index (χ2v) is 10.5. The zero-order chi connectivity index (χ0) is 30.8. The first-order valence-corrected chi connectivity index (χ1v) is 14.1. The van der Waals surface area contributed by atoms with Gasteiger partial charge >= 0.3 is 0 Å². The number of hydrogen-bond acceptors (Lipinski definition) is 6. The second kappa shape index (κ2) is 12.0. The highest BCUT2D eigenvalue weighted by Crippen LogP contribution is 2.22. The Morgan fingerprint density at radius 1 is 0.841 bits per heavy atom. The summed E-state index contributed by atoms with van der Waals surface area (Å²) in [7, 11) is 0. The molecule has 1 fully saturated rings. The van der Waals surface area contributed by atoms with Gasteiger partial charge in [0.25, 0.3) is 17.4 Å². The summed E-state index contributed by atoms with van der Waals surface area (Å²) in [6, 6.07) is 21.9. The molecule has 3 aromatic carbocycles. The fourth-order valence-corrected chi connectivity index (χ4v) is 5.22. The Morgan fingerprint density at radius 3 is 2.27 bits per heavy atom. The van der Waals surface area contributed by atoms with Crippen LogP contribution in [0, 0.1) is 18.6 Å². The van der Waals surface area contributed by atoms with Gasteiger partial charge in [0.05, 0.1) is 11.4 Å². The highest BCUT2D eigenvalue weighted by atomic mass is 19.1. The Labute approximate surface area is 251 Å². The summed E-state index contributed by atoms with van der Waals surface area (Å²) >= 11 is 0. The lowest BCUT2D eigenvalue weighted by Gasteiger charge is -2.35. The molecular weight excluding hydrogens is 566 g/mol. The summed E-state index contributed by atoms with van der Waals surface area (Å²) in [4.78, 5) is 52.0. The maximum atomic E-state index is 13.9. The lowest BCUT2D eigenvalue weighted by atomic mass is 10.1. The van der Waals surface area contributed by atoms with Crippen LogP contribution in [0.5, 0.6) is 0 Å². The van der Waals surface area contributed by atoms with E-state index in [1.807, 2.05) is 34.9 Å². The van der Waals surface area contributed by atoms with Gasteiger partial charge < -0.3 is 15.1 Å². The number of fused-ring (bicyclic) bond motifs is 1. The van der Waals surface area contributed by atoms with E-state index < -0.39 is 17.5 Å². The van der Waals surface area contributed by atoms with Crippen molar-refractivity contribution in [2.75, 3.05) is 31.1 Å². The molecule has 0 spiro atoms. The molecule has 0 atom stereocenters. The summed E-state index contributed by atoms with van der Waals surface area (Å²) in [6.45, 7) is 3.83. The number of aryl methyl sites for hydroxylation is 1. The molecule has 222 valence electrons. The Bertz CT molecular complexity index is 1920. The van der Waals surface area contributed by atoms with Crippen LogP contribution in [0.25, 0.3) is 16.7 Å². The van der Waals surface area contributed by atoms with Crippen molar-refractivity contribution in [1.82, 2.24) is 24.8 Å². The topological polar surface area (TPSA) is 100 Å². The number of halogens is 2. The molecule has 5 aromatic rings. The fraction of sp³-hybridized carbons (Fsp3) is 0.182. The van der Waals surface area contributed by atoms with Gasteiger partial charge in [-0.15, -0.1) is 0 Å². The standard InChI is InChI=1S/C33H28F2N6O3/c1-21-27-13-14-29(42)41(26-11-8-22(9-12-26)31(43)36-20-24-7-10-25(34)19-28(24)35)30(27)38-33(37-21)40-17-15-39(16-18-40)32(44)23-5-3-2-4-6-23/h2-14,19H,15-18,20H2,1H3,(H,36,43). The summed E-state index contributed by atoms with van der Waals surface area (Å²) < 4.78 is 28.6. The molecule has 0 bridgehead atoms. The third-order valence-electron chi connectivity index (χ3n) is 7.64. The van der Waals surface area contributed by atoms with Gasteiger partial charge in [-0.25, -0.2) is 13.8 Å². The van der Waals surface area contributed by atoms with Crippen LogP contribution >= 0.6 is 0 Å². The quantitative estimate of drug-likeness (QED) is 0.316. The van der Waals surface area contributed by atoms with Gasteiger partial charge in [0.1, 0.15) is 11.6 Å². The van der Waals surface area contributed by atoms with Crippen LogP contribution in [0.3, 0.4) is 0 Å². The predicted octanol–water partition coefficient (Wildman–Crippen LogP) is 4.26. The average molecular weight is 595 g/mol. The van der Waals surface area contributed by atoms with Crippen LogP contribution in [-0.4, -0.2) is 57.4 Å². The number of nitrogens with one attached hydrogen (secondary N) is 1. The van der Waals surface area contributed by atoms with Crippen molar-refractivity contribution in [2.24, 2.45) is 0 Å². The highest BCUT2D eigenvalue weighted by molar-refractivity contribution is 5.95. The SMILES string of the molecule is Cc1nc(N2CCN(C(=O)c3ccccc3)CC2)nc2c1ccc(=O)n2-c1ccc(C(=O)NCc2ccc(F)cc2F)cc1. The Balaban J connectivity index is 1.22. The molecule has 1 aliphatic heterocycles. The van der Waals surface area contributed by atoms with Gasteiger partial charge in [0.15, 0.2) is 5.65 Å². The van der Waals surface area contributed by atoms with Crippen molar-refractivity contribution in [3.63, 3.8) is 0 Å². The number of amides is 2. The van der Waals surface area contributed by atoms with Crippen LogP contribution in [-0.2, 0) is 6.54 Å². The molecule has 1 N–H and O–H groups in total. The second-order valence-electron chi connectivity index (χ2n) is 10.5. The third-order valence-corrected chi connectivity index (χ3v) is 7.64. The number of carbonyl (C=O) groups excluding carboxylic acids is 2. The molecule has 0 saturated carbocycles. The maximum absolute atomic E-state index is 13.9. The van der Waals surface area contributed by atoms with Gasteiger partial charge in [-0.2, -0.15) is 4.98 Å². The average Bonchev–Trinajstić information content (AvgIpc) is 3.04. The van der Waals surface area contributed by atoms with E-state index in [2.05, 4.69) is 5.32 Å². The minimum Gasteiger partial charge on any atom is -0.348 e. The lowest BCUT2D eigenvalue weighted by Crippen LogP contribution is -2.49. The number of hydrogen-bond donors (Lipinski definition) is 1. The van der Waals surface area contributed by atoms with E-state index >= 15 is 0 Å². The lowest BCUT2D eigenvalue weighted by molar-refractivity contribution is 0.0746. The first-order chi connectivity index (χ1) is 21.3. The summed E-state index contributed by atoms with van der Waals surface area (Å²) in [5, 5.41) is 3.33. The van der Waals surface area contributed by atoms with E-state index in [4.69, 9.17) is 9.97 Å². The summed E-state index contributed by atoms with van der Waals surface area (Å²) in [5.74, 6) is -1.44. The predicted molar refractivity (Wildman–Crippen MR) is 162 cm³/mol. The van der Waals surface area contributed by atoms with Crippen molar-refractivity contribution >= 4 is 28.8 Å². The van der Waals surface area contributed by atoms with E-state index in [1.54, 1.807) is 42.5 Å². The number of pyridine rings is 1. The van der Waals surface area contributed by atoms with E-state index in [9.17, 15) is 23.2 Å². The number of aromatic nitrogens is 3. The maximum Gasteiger partial charge on any atom is 0.256 e. The van der Waals surface area contributed by atoms with Gasteiger partial charge in [-0.05, 0) is 55.5 Å². The molecule has 0 unspecified atom stereocenters. The van der Waals surface area contributed by atoms with Crippen molar-refractivity contribution in [3.05, 3.63) is 129 Å². The molecule has 11 heteroatoms. The van der Waals surface area contributed by atoms with Crippen LogP contribution in [0.15, 0.2) is 89.7 Å². The monoisotopic (exact) mass is 594 g/mol. The molecule has 9 nitrogen and oxygen atoms in total. The number of piperazine rings is 1.